The van der Waals surface area contributed by atoms with Gasteiger partial charge < -0.3 is 19.1 Å². The van der Waals surface area contributed by atoms with Crippen LogP contribution >= 0.6 is 0 Å². The summed E-state index contributed by atoms with van der Waals surface area (Å²) in [5.74, 6) is 2.14. The second-order valence-corrected chi connectivity index (χ2v) is 6.03. The first-order valence-electron chi connectivity index (χ1n) is 8.16. The van der Waals surface area contributed by atoms with E-state index in [1.54, 1.807) is 14.2 Å². The van der Waals surface area contributed by atoms with Crippen molar-refractivity contribution >= 4 is 5.91 Å². The predicted molar refractivity (Wildman–Crippen MR) is 89.0 cm³/mol. The average Bonchev–Trinajstić information content (AvgIpc) is 2.60. The maximum atomic E-state index is 12.4. The maximum absolute atomic E-state index is 12.4. The summed E-state index contributed by atoms with van der Waals surface area (Å²) in [4.78, 5) is 14.2. The van der Waals surface area contributed by atoms with Gasteiger partial charge in [-0.2, -0.15) is 0 Å². The van der Waals surface area contributed by atoms with E-state index in [-0.39, 0.29) is 5.91 Å². The van der Waals surface area contributed by atoms with E-state index in [0.29, 0.717) is 23.8 Å². The van der Waals surface area contributed by atoms with Crippen molar-refractivity contribution in [2.75, 3.05) is 41.0 Å². The molecule has 0 aromatic heterocycles. The zero-order valence-electron chi connectivity index (χ0n) is 14.3. The van der Waals surface area contributed by atoms with Crippen LogP contribution < -0.4 is 9.47 Å². The second-order valence-electron chi connectivity index (χ2n) is 6.03. The summed E-state index contributed by atoms with van der Waals surface area (Å²) >= 11 is 0. The van der Waals surface area contributed by atoms with Crippen LogP contribution in [-0.2, 0) is 16.0 Å². The van der Waals surface area contributed by atoms with Crippen molar-refractivity contribution in [3.8, 4) is 11.5 Å². The Morgan fingerprint density at radius 3 is 2.57 bits per heavy atom. The first kappa shape index (κ1) is 17.6. The number of hydrogen-bond acceptors (Lipinski definition) is 4. The Kier molecular flexibility index (Phi) is 6.71. The molecular formula is C18H27NO4. The van der Waals surface area contributed by atoms with Crippen LogP contribution in [0.4, 0.5) is 0 Å². The highest BCUT2D eigenvalue weighted by atomic mass is 16.5. The third-order valence-electron chi connectivity index (χ3n) is 4.44. The molecule has 0 N–H and O–H groups in total. The van der Waals surface area contributed by atoms with Crippen LogP contribution in [0.1, 0.15) is 24.8 Å². The number of amides is 1. The molecule has 1 fully saturated rings. The summed E-state index contributed by atoms with van der Waals surface area (Å²) in [6.45, 7) is 2.51. The molecule has 1 aromatic rings. The largest absolute Gasteiger partial charge is 0.493 e. The van der Waals surface area contributed by atoms with Gasteiger partial charge in [-0.15, -0.1) is 0 Å². The molecule has 1 saturated heterocycles. The van der Waals surface area contributed by atoms with Crippen molar-refractivity contribution in [2.24, 2.45) is 5.92 Å². The van der Waals surface area contributed by atoms with E-state index in [0.717, 1.165) is 44.6 Å². The van der Waals surface area contributed by atoms with Crippen LogP contribution in [0.25, 0.3) is 0 Å². The number of benzene rings is 1. The molecule has 0 radical (unpaired) electrons. The third kappa shape index (κ3) is 5.13. The molecule has 5 nitrogen and oxygen atoms in total. The van der Waals surface area contributed by atoms with Gasteiger partial charge in [-0.1, -0.05) is 6.07 Å². The molecule has 1 aliphatic rings. The van der Waals surface area contributed by atoms with Gasteiger partial charge in [-0.3, -0.25) is 4.79 Å². The molecule has 128 valence electrons. The van der Waals surface area contributed by atoms with Gasteiger partial charge in [-0.05, 0) is 42.9 Å². The molecule has 2 rings (SSSR count). The zero-order valence-corrected chi connectivity index (χ0v) is 14.3. The maximum Gasteiger partial charge on any atom is 0.226 e. The van der Waals surface area contributed by atoms with Gasteiger partial charge in [0, 0.05) is 26.8 Å². The van der Waals surface area contributed by atoms with Crippen LogP contribution in [-0.4, -0.2) is 51.8 Å². The predicted octanol–water partition coefficient (Wildman–Crippen LogP) is 2.52. The van der Waals surface area contributed by atoms with Crippen molar-refractivity contribution in [1.29, 1.82) is 0 Å². The molecule has 1 amide bonds. The lowest BCUT2D eigenvalue weighted by molar-refractivity contribution is -0.129. The fourth-order valence-corrected chi connectivity index (χ4v) is 2.84. The number of rotatable bonds is 7. The Morgan fingerprint density at radius 2 is 1.91 bits per heavy atom. The minimum Gasteiger partial charge on any atom is -0.493 e. The molecule has 0 atom stereocenters. The van der Waals surface area contributed by atoms with E-state index < -0.39 is 0 Å². The van der Waals surface area contributed by atoms with Gasteiger partial charge in [0.05, 0.1) is 20.6 Å². The van der Waals surface area contributed by atoms with E-state index in [1.807, 2.05) is 30.1 Å². The Balaban J connectivity index is 1.85. The van der Waals surface area contributed by atoms with Crippen molar-refractivity contribution in [3.63, 3.8) is 0 Å². The Labute approximate surface area is 138 Å². The van der Waals surface area contributed by atoms with Gasteiger partial charge in [0.15, 0.2) is 11.5 Å². The molecule has 0 unspecified atom stereocenters. The topological polar surface area (TPSA) is 48.0 Å². The molecule has 0 aliphatic carbocycles. The molecular weight excluding hydrogens is 294 g/mol. The summed E-state index contributed by atoms with van der Waals surface area (Å²) in [6, 6.07) is 5.61. The smallest absolute Gasteiger partial charge is 0.226 e. The average molecular weight is 321 g/mol. The number of carbonyl (C=O) groups excluding carboxylic acids is 1. The first-order chi connectivity index (χ1) is 11.1. The number of likely N-dealkylation sites (N-methyl/N-ethyl adjacent to an activating group) is 1. The summed E-state index contributed by atoms with van der Waals surface area (Å²) in [7, 11) is 5.08. The lowest BCUT2D eigenvalue weighted by Crippen LogP contribution is -2.31. The number of methoxy groups -OCH3 is 2. The highest BCUT2D eigenvalue weighted by Gasteiger charge is 2.17. The van der Waals surface area contributed by atoms with Gasteiger partial charge in [0.2, 0.25) is 5.91 Å². The van der Waals surface area contributed by atoms with Gasteiger partial charge in [0.25, 0.3) is 0 Å². The highest BCUT2D eigenvalue weighted by molar-refractivity contribution is 5.78. The molecule has 0 bridgehead atoms. The van der Waals surface area contributed by atoms with Crippen LogP contribution in [0.15, 0.2) is 18.2 Å². The molecule has 0 saturated carbocycles. The van der Waals surface area contributed by atoms with Crippen molar-refractivity contribution < 1.29 is 19.0 Å². The van der Waals surface area contributed by atoms with E-state index in [2.05, 4.69) is 0 Å². The normalized spacial score (nSPS) is 15.3. The van der Waals surface area contributed by atoms with Gasteiger partial charge in [0.1, 0.15) is 0 Å². The molecule has 1 heterocycles. The summed E-state index contributed by atoms with van der Waals surface area (Å²) < 4.78 is 15.9. The van der Waals surface area contributed by atoms with Crippen LogP contribution in [0.5, 0.6) is 11.5 Å². The summed E-state index contributed by atoms with van der Waals surface area (Å²) in [5, 5.41) is 0. The minimum absolute atomic E-state index is 0.129. The summed E-state index contributed by atoms with van der Waals surface area (Å²) in [5.41, 5.74) is 0.936. The standard InChI is InChI=1S/C18H27NO4/c1-19(9-6-14-7-10-23-11-8-14)18(20)13-15-4-5-16(21-2)17(12-15)22-3/h4-5,12,14H,6-11,13H2,1-3H3. The van der Waals surface area contributed by atoms with E-state index >= 15 is 0 Å². The van der Waals surface area contributed by atoms with Gasteiger partial charge in [-0.25, -0.2) is 0 Å². The molecule has 23 heavy (non-hydrogen) atoms. The highest BCUT2D eigenvalue weighted by Crippen LogP contribution is 2.27. The summed E-state index contributed by atoms with van der Waals surface area (Å²) in [6.07, 6.45) is 3.65. The first-order valence-corrected chi connectivity index (χ1v) is 8.16. The van der Waals surface area contributed by atoms with Crippen molar-refractivity contribution in [3.05, 3.63) is 23.8 Å². The fourth-order valence-electron chi connectivity index (χ4n) is 2.84. The fraction of sp³-hybridized carbons (Fsp3) is 0.611. The van der Waals surface area contributed by atoms with E-state index in [9.17, 15) is 4.79 Å². The molecule has 5 heteroatoms. The van der Waals surface area contributed by atoms with E-state index in [1.165, 1.54) is 0 Å². The number of ether oxygens (including phenoxy) is 3. The quantitative estimate of drug-likeness (QED) is 0.774. The number of hydrogen-bond donors (Lipinski definition) is 0. The van der Waals surface area contributed by atoms with Crippen LogP contribution in [0, 0.1) is 5.92 Å². The van der Waals surface area contributed by atoms with Gasteiger partial charge >= 0.3 is 0 Å². The second kappa shape index (κ2) is 8.77. The minimum atomic E-state index is 0.129. The molecule has 0 spiro atoms. The zero-order chi connectivity index (χ0) is 16.7. The van der Waals surface area contributed by atoms with Crippen molar-refractivity contribution in [2.45, 2.75) is 25.7 Å². The number of nitrogens with zero attached hydrogens (tertiary/aromatic N) is 1. The SMILES string of the molecule is COc1ccc(CC(=O)N(C)CCC2CCOCC2)cc1OC. The third-order valence-corrected chi connectivity index (χ3v) is 4.44. The lowest BCUT2D eigenvalue weighted by atomic mass is 9.96. The monoisotopic (exact) mass is 321 g/mol. The van der Waals surface area contributed by atoms with Crippen LogP contribution in [0.3, 0.4) is 0 Å². The van der Waals surface area contributed by atoms with Crippen LogP contribution in [0.2, 0.25) is 0 Å². The molecule has 1 aliphatic heterocycles. The Morgan fingerprint density at radius 1 is 1.22 bits per heavy atom. The van der Waals surface area contributed by atoms with Crippen molar-refractivity contribution in [1.82, 2.24) is 4.90 Å². The lowest BCUT2D eigenvalue weighted by Gasteiger charge is -2.25. The number of carbonyl (C=O) groups is 1. The van der Waals surface area contributed by atoms with E-state index in [4.69, 9.17) is 14.2 Å². The Bertz CT molecular complexity index is 512. The Hall–Kier alpha value is -1.75. The molecule has 1 aromatic carbocycles.